The Labute approximate surface area is 352 Å². The molecule has 0 amide bonds. The fourth-order valence-corrected chi connectivity index (χ4v) is 8.58. The SMILES string of the molecule is [C-]#[N+]c1ccc(-c2ccc3c4ccccc4n(-c4cc(C#N)c(-n5c6ccccc6c6ccc(-c7ccc(C#N)cc7)cc65)cc4-c4ccc(C(F)(F)F)cc4C#N)c3c2)cc1. The molecule has 2 heterocycles. The molecule has 0 N–H and O–H groups in total. The van der Waals surface area contributed by atoms with E-state index in [4.69, 9.17) is 6.57 Å². The largest absolute Gasteiger partial charge is 0.416 e. The molecule has 0 spiro atoms. The van der Waals surface area contributed by atoms with Crippen molar-refractivity contribution in [2.45, 2.75) is 6.18 Å². The summed E-state index contributed by atoms with van der Waals surface area (Å²) in [5.41, 5.74) is 8.51. The molecule has 10 aromatic rings. The lowest BCUT2D eigenvalue weighted by molar-refractivity contribution is -0.137. The van der Waals surface area contributed by atoms with Gasteiger partial charge in [-0.15, -0.1) is 0 Å². The van der Waals surface area contributed by atoms with Crippen molar-refractivity contribution >= 4 is 49.3 Å². The second kappa shape index (κ2) is 14.4. The van der Waals surface area contributed by atoms with Crippen molar-refractivity contribution in [3.63, 3.8) is 0 Å². The number of hydrogen-bond acceptors (Lipinski definition) is 3. The third-order valence-corrected chi connectivity index (χ3v) is 11.5. The van der Waals surface area contributed by atoms with Gasteiger partial charge in [0.2, 0.25) is 0 Å². The standard InChI is InChI=1S/C53H27F3N6/c1-60-40-19-14-34(15-20-40)36-17-22-45-43-7-3-5-9-48(43)62(51(45)26-36)52-27-38(31-59)49(28-46(52)41-23-18-39(53(54,55)56)24-37(41)30-58)61-47-8-4-2-6-42(47)44-21-16-35(25-50(44)61)33-12-10-32(29-57)11-13-33/h2-28H. The van der Waals surface area contributed by atoms with Gasteiger partial charge in [0.05, 0.1) is 74.4 Å². The second-order valence-corrected chi connectivity index (χ2v) is 14.9. The van der Waals surface area contributed by atoms with E-state index in [0.717, 1.165) is 78.0 Å². The van der Waals surface area contributed by atoms with E-state index >= 15 is 0 Å². The van der Waals surface area contributed by atoms with Gasteiger partial charge in [-0.2, -0.15) is 29.0 Å². The van der Waals surface area contributed by atoms with Gasteiger partial charge in [-0.3, -0.25) is 0 Å². The van der Waals surface area contributed by atoms with E-state index in [0.29, 0.717) is 28.2 Å². The molecule has 0 bridgehead atoms. The van der Waals surface area contributed by atoms with Crippen molar-refractivity contribution in [3.8, 4) is 63.0 Å². The number of aromatic nitrogens is 2. The Morgan fingerprint density at radius 3 is 1.50 bits per heavy atom. The van der Waals surface area contributed by atoms with Crippen LogP contribution in [0.3, 0.4) is 0 Å². The van der Waals surface area contributed by atoms with Crippen LogP contribution in [-0.2, 0) is 6.18 Å². The average Bonchev–Trinajstić information content (AvgIpc) is 3.82. The highest BCUT2D eigenvalue weighted by atomic mass is 19.4. The lowest BCUT2D eigenvalue weighted by Crippen LogP contribution is -2.07. The van der Waals surface area contributed by atoms with Crippen molar-refractivity contribution in [2.75, 3.05) is 0 Å². The smallest absolute Gasteiger partial charge is 0.309 e. The molecular formula is C53H27F3N6. The number of hydrogen-bond donors (Lipinski definition) is 0. The Morgan fingerprint density at radius 1 is 0.452 bits per heavy atom. The fourth-order valence-electron chi connectivity index (χ4n) is 8.58. The van der Waals surface area contributed by atoms with Crippen LogP contribution >= 0.6 is 0 Å². The first-order chi connectivity index (χ1) is 30.2. The van der Waals surface area contributed by atoms with Gasteiger partial charge in [-0.05, 0) is 82.9 Å². The van der Waals surface area contributed by atoms with Crippen LogP contribution < -0.4 is 0 Å². The van der Waals surface area contributed by atoms with Gasteiger partial charge < -0.3 is 9.13 Å². The molecule has 0 unspecified atom stereocenters. The van der Waals surface area contributed by atoms with Crippen molar-refractivity contribution in [2.24, 2.45) is 0 Å². The summed E-state index contributed by atoms with van der Waals surface area (Å²) in [5.74, 6) is 0. The lowest BCUT2D eigenvalue weighted by Gasteiger charge is -2.20. The Kier molecular flexibility index (Phi) is 8.70. The van der Waals surface area contributed by atoms with Gasteiger partial charge in [0.1, 0.15) is 6.07 Å². The van der Waals surface area contributed by atoms with Gasteiger partial charge in [0.15, 0.2) is 5.69 Å². The quantitative estimate of drug-likeness (QED) is 0.162. The van der Waals surface area contributed by atoms with Crippen LogP contribution in [0.5, 0.6) is 0 Å². The molecule has 62 heavy (non-hydrogen) atoms. The minimum atomic E-state index is -4.69. The maximum absolute atomic E-state index is 14.2. The van der Waals surface area contributed by atoms with E-state index in [1.54, 1.807) is 30.3 Å². The summed E-state index contributed by atoms with van der Waals surface area (Å²) in [4.78, 5) is 3.53. The normalized spacial score (nSPS) is 11.4. The van der Waals surface area contributed by atoms with Crippen molar-refractivity contribution < 1.29 is 13.2 Å². The molecule has 0 aliphatic rings. The Balaban J connectivity index is 1.31. The molecule has 0 aliphatic heterocycles. The zero-order chi connectivity index (χ0) is 42.7. The molecule has 6 nitrogen and oxygen atoms in total. The van der Waals surface area contributed by atoms with Crippen LogP contribution in [0, 0.1) is 40.6 Å². The van der Waals surface area contributed by atoms with E-state index in [9.17, 15) is 29.0 Å². The van der Waals surface area contributed by atoms with Gasteiger partial charge in [-0.1, -0.05) is 103 Å². The summed E-state index contributed by atoms with van der Waals surface area (Å²) in [6, 6.07) is 55.7. The molecule has 0 saturated heterocycles. The van der Waals surface area contributed by atoms with Crippen LogP contribution in [-0.4, -0.2) is 9.13 Å². The van der Waals surface area contributed by atoms with Gasteiger partial charge in [-0.25, -0.2) is 4.85 Å². The molecule has 0 radical (unpaired) electrons. The van der Waals surface area contributed by atoms with Crippen molar-refractivity contribution in [1.29, 1.82) is 15.8 Å². The average molecular weight is 805 g/mol. The molecule has 0 saturated carbocycles. The molecule has 290 valence electrons. The van der Waals surface area contributed by atoms with E-state index in [-0.39, 0.29) is 16.7 Å². The fraction of sp³-hybridized carbons (Fsp3) is 0.0189. The summed E-state index contributed by atoms with van der Waals surface area (Å²) < 4.78 is 46.5. The Bertz CT molecular complexity index is 3660. The molecular weight excluding hydrogens is 778 g/mol. The maximum atomic E-state index is 14.2. The molecule has 0 fully saturated rings. The molecule has 0 aliphatic carbocycles. The van der Waals surface area contributed by atoms with E-state index in [1.807, 2.05) is 130 Å². The van der Waals surface area contributed by atoms with Gasteiger partial charge >= 0.3 is 6.18 Å². The number of nitriles is 3. The molecule has 0 atom stereocenters. The molecule has 8 aromatic carbocycles. The zero-order valence-corrected chi connectivity index (χ0v) is 32.4. The molecule has 9 heteroatoms. The number of para-hydroxylation sites is 2. The topological polar surface area (TPSA) is 85.6 Å². The molecule has 2 aromatic heterocycles. The van der Waals surface area contributed by atoms with Crippen molar-refractivity contribution in [1.82, 2.24) is 9.13 Å². The third-order valence-electron chi connectivity index (χ3n) is 11.5. The second-order valence-electron chi connectivity index (χ2n) is 14.9. The van der Waals surface area contributed by atoms with Crippen LogP contribution in [0.25, 0.3) is 93.2 Å². The Morgan fingerprint density at radius 2 is 0.968 bits per heavy atom. The summed E-state index contributed by atoms with van der Waals surface area (Å²) in [7, 11) is 0. The minimum Gasteiger partial charge on any atom is -0.309 e. The summed E-state index contributed by atoms with van der Waals surface area (Å²) in [6.07, 6.45) is -4.69. The van der Waals surface area contributed by atoms with Gasteiger partial charge in [0.25, 0.3) is 0 Å². The lowest BCUT2D eigenvalue weighted by atomic mass is 9.94. The number of alkyl halides is 3. The summed E-state index contributed by atoms with van der Waals surface area (Å²) in [6.45, 7) is 7.42. The van der Waals surface area contributed by atoms with Crippen LogP contribution in [0.4, 0.5) is 18.9 Å². The Hall–Kier alpha value is -8.89. The zero-order valence-electron chi connectivity index (χ0n) is 32.4. The highest BCUT2D eigenvalue weighted by Crippen LogP contribution is 2.44. The first kappa shape index (κ1) is 37.4. The number of nitrogens with zero attached hydrogens (tertiary/aromatic N) is 6. The van der Waals surface area contributed by atoms with E-state index in [1.165, 1.54) is 6.07 Å². The number of fused-ring (bicyclic) bond motifs is 6. The summed E-state index contributed by atoms with van der Waals surface area (Å²) >= 11 is 0. The monoisotopic (exact) mass is 804 g/mol. The number of rotatable bonds is 5. The first-order valence-electron chi connectivity index (χ1n) is 19.4. The summed E-state index contributed by atoms with van der Waals surface area (Å²) in [5, 5.41) is 34.7. The van der Waals surface area contributed by atoms with Crippen LogP contribution in [0.2, 0.25) is 0 Å². The third kappa shape index (κ3) is 6.01. The van der Waals surface area contributed by atoms with Crippen molar-refractivity contribution in [3.05, 3.63) is 197 Å². The predicted molar refractivity (Wildman–Crippen MR) is 237 cm³/mol. The van der Waals surface area contributed by atoms with Gasteiger partial charge in [0, 0.05) is 32.7 Å². The van der Waals surface area contributed by atoms with Crippen LogP contribution in [0.15, 0.2) is 164 Å². The van der Waals surface area contributed by atoms with E-state index in [2.05, 4.69) is 17.0 Å². The highest BCUT2D eigenvalue weighted by molar-refractivity contribution is 6.12. The maximum Gasteiger partial charge on any atom is 0.416 e. The first-order valence-corrected chi connectivity index (χ1v) is 19.4. The number of benzene rings is 8. The predicted octanol–water partition coefficient (Wildman–Crippen LogP) is 14.1. The van der Waals surface area contributed by atoms with E-state index < -0.39 is 11.7 Å². The van der Waals surface area contributed by atoms with Crippen LogP contribution in [0.1, 0.15) is 22.3 Å². The molecule has 10 rings (SSSR count). The minimum absolute atomic E-state index is 0.177. The highest BCUT2D eigenvalue weighted by Gasteiger charge is 2.32. The number of halogens is 3.